The zero-order valence-electron chi connectivity index (χ0n) is 10.4. The van der Waals surface area contributed by atoms with Gasteiger partial charge in [0.2, 0.25) is 0 Å². The molecule has 0 heterocycles. The zero-order valence-corrected chi connectivity index (χ0v) is 12.0. The lowest BCUT2D eigenvalue weighted by Crippen LogP contribution is -2.14. The summed E-state index contributed by atoms with van der Waals surface area (Å²) in [6, 6.07) is 2.49. The first-order valence-electron chi connectivity index (χ1n) is 6.30. The molecule has 1 atom stereocenters. The van der Waals surface area contributed by atoms with E-state index in [-0.39, 0.29) is 16.1 Å². The first-order chi connectivity index (χ1) is 8.63. The Kier molecular flexibility index (Phi) is 4.60. The third-order valence-electron chi connectivity index (χ3n) is 3.63. The summed E-state index contributed by atoms with van der Waals surface area (Å²) in [6.45, 7) is 0. The van der Waals surface area contributed by atoms with Crippen LogP contribution in [0.15, 0.2) is 12.1 Å². The van der Waals surface area contributed by atoms with Crippen LogP contribution in [0.4, 0.5) is 8.78 Å². The van der Waals surface area contributed by atoms with E-state index >= 15 is 0 Å². The van der Waals surface area contributed by atoms with Crippen LogP contribution in [-0.2, 0) is 0 Å². The summed E-state index contributed by atoms with van der Waals surface area (Å²) >= 11 is 3.47. The third kappa shape index (κ3) is 2.85. The summed E-state index contributed by atoms with van der Waals surface area (Å²) in [7, 11) is 1.40. The maximum absolute atomic E-state index is 14.0. The first kappa shape index (κ1) is 13.8. The van der Waals surface area contributed by atoms with Gasteiger partial charge in [-0.2, -0.15) is 0 Å². The number of ether oxygens (including phenoxy) is 1. The molecule has 0 amide bonds. The van der Waals surface area contributed by atoms with Crippen molar-refractivity contribution >= 4 is 15.9 Å². The highest BCUT2D eigenvalue weighted by Gasteiger charge is 2.28. The molecule has 1 saturated carbocycles. The molecule has 1 unspecified atom stereocenters. The Hall–Kier alpha value is -0.640. The standard InChI is InChI=1S/C14H17BrF2O/c1-18-10-7-11(16)13(12(17)8-10)14(15)9-5-3-2-4-6-9/h7-9,14H,2-6H2,1H3. The van der Waals surface area contributed by atoms with E-state index in [4.69, 9.17) is 4.74 Å². The van der Waals surface area contributed by atoms with E-state index in [9.17, 15) is 8.78 Å². The first-order valence-corrected chi connectivity index (χ1v) is 7.22. The second-order valence-corrected chi connectivity index (χ2v) is 5.79. The Labute approximate surface area is 115 Å². The molecule has 0 aromatic heterocycles. The van der Waals surface area contributed by atoms with Crippen LogP contribution in [0, 0.1) is 17.6 Å². The lowest BCUT2D eigenvalue weighted by atomic mass is 9.84. The van der Waals surface area contributed by atoms with Crippen molar-refractivity contribution in [3.05, 3.63) is 29.3 Å². The number of alkyl halides is 1. The van der Waals surface area contributed by atoms with E-state index < -0.39 is 11.6 Å². The fourth-order valence-corrected chi connectivity index (χ4v) is 3.57. The van der Waals surface area contributed by atoms with E-state index in [2.05, 4.69) is 15.9 Å². The molecule has 0 radical (unpaired) electrons. The summed E-state index contributed by atoms with van der Waals surface area (Å²) in [6.07, 6.45) is 5.57. The predicted octanol–water partition coefficient (Wildman–Crippen LogP) is 4.99. The molecule has 1 nitrogen and oxygen atoms in total. The molecule has 0 spiro atoms. The third-order valence-corrected chi connectivity index (χ3v) is 4.83. The minimum absolute atomic E-state index is 0.141. The highest BCUT2D eigenvalue weighted by molar-refractivity contribution is 9.09. The van der Waals surface area contributed by atoms with Crippen LogP contribution in [0.1, 0.15) is 42.5 Å². The van der Waals surface area contributed by atoms with Gasteiger partial charge in [-0.25, -0.2) is 8.78 Å². The maximum atomic E-state index is 14.0. The van der Waals surface area contributed by atoms with E-state index in [1.807, 2.05) is 0 Å². The van der Waals surface area contributed by atoms with Gasteiger partial charge < -0.3 is 4.74 Å². The van der Waals surface area contributed by atoms with Crippen LogP contribution < -0.4 is 4.74 Å². The van der Waals surface area contributed by atoms with Crippen molar-refractivity contribution in [1.82, 2.24) is 0 Å². The molecule has 1 aliphatic carbocycles. The quantitative estimate of drug-likeness (QED) is 0.713. The molecule has 4 heteroatoms. The van der Waals surface area contributed by atoms with E-state index in [0.29, 0.717) is 5.92 Å². The lowest BCUT2D eigenvalue weighted by molar-refractivity contribution is 0.344. The summed E-state index contributed by atoms with van der Waals surface area (Å²) in [5, 5.41) is 0. The van der Waals surface area contributed by atoms with Crippen LogP contribution in [-0.4, -0.2) is 7.11 Å². The van der Waals surface area contributed by atoms with Crippen molar-refractivity contribution in [3.8, 4) is 5.75 Å². The van der Waals surface area contributed by atoms with Gasteiger partial charge in [-0.3, -0.25) is 0 Å². The zero-order chi connectivity index (χ0) is 13.1. The molecule has 2 rings (SSSR count). The fourth-order valence-electron chi connectivity index (χ4n) is 2.60. The smallest absolute Gasteiger partial charge is 0.134 e. The van der Waals surface area contributed by atoms with E-state index in [0.717, 1.165) is 25.7 Å². The molecular formula is C14H17BrF2O. The summed E-state index contributed by atoms with van der Waals surface area (Å²) in [5.74, 6) is -0.521. The van der Waals surface area contributed by atoms with E-state index in [1.54, 1.807) is 0 Å². The average Bonchev–Trinajstić information content (AvgIpc) is 2.38. The molecule has 100 valence electrons. The lowest BCUT2D eigenvalue weighted by Gasteiger charge is -2.27. The Morgan fingerprint density at radius 3 is 2.22 bits per heavy atom. The SMILES string of the molecule is COc1cc(F)c(C(Br)C2CCCCC2)c(F)c1. The second-order valence-electron chi connectivity index (χ2n) is 4.80. The number of hydrogen-bond donors (Lipinski definition) is 0. The molecule has 0 N–H and O–H groups in total. The number of halogens is 3. The maximum Gasteiger partial charge on any atom is 0.134 e. The van der Waals surface area contributed by atoms with Gasteiger partial charge in [0.05, 0.1) is 7.11 Å². The minimum atomic E-state index is -0.528. The van der Waals surface area contributed by atoms with Gasteiger partial charge in [-0.1, -0.05) is 35.2 Å². The molecule has 0 saturated heterocycles. The monoisotopic (exact) mass is 318 g/mol. The molecule has 1 fully saturated rings. The van der Waals surface area contributed by atoms with Crippen LogP contribution in [0.3, 0.4) is 0 Å². The Morgan fingerprint density at radius 1 is 1.17 bits per heavy atom. The Morgan fingerprint density at radius 2 is 1.72 bits per heavy atom. The molecular weight excluding hydrogens is 302 g/mol. The van der Waals surface area contributed by atoms with Crippen LogP contribution in [0.25, 0.3) is 0 Å². The average molecular weight is 319 g/mol. The van der Waals surface area contributed by atoms with Gasteiger partial charge in [0.15, 0.2) is 0 Å². The van der Waals surface area contributed by atoms with Crippen LogP contribution in [0.5, 0.6) is 5.75 Å². The number of benzene rings is 1. The molecule has 0 bridgehead atoms. The second kappa shape index (κ2) is 6.00. The minimum Gasteiger partial charge on any atom is -0.497 e. The van der Waals surface area contributed by atoms with Gasteiger partial charge in [0.25, 0.3) is 0 Å². The number of hydrogen-bond acceptors (Lipinski definition) is 1. The summed E-state index contributed by atoms with van der Waals surface area (Å²) in [5.41, 5.74) is 0.141. The highest BCUT2D eigenvalue weighted by atomic mass is 79.9. The summed E-state index contributed by atoms with van der Waals surface area (Å²) < 4.78 is 32.8. The fraction of sp³-hybridized carbons (Fsp3) is 0.571. The van der Waals surface area contributed by atoms with Gasteiger partial charge in [0.1, 0.15) is 17.4 Å². The van der Waals surface area contributed by atoms with Crippen molar-refractivity contribution in [2.75, 3.05) is 7.11 Å². The normalized spacial score (nSPS) is 18.7. The molecule has 1 aliphatic rings. The molecule has 18 heavy (non-hydrogen) atoms. The van der Waals surface area contributed by atoms with Crippen molar-refractivity contribution in [2.24, 2.45) is 5.92 Å². The Bertz CT molecular complexity index is 393. The van der Waals surface area contributed by atoms with E-state index in [1.165, 1.54) is 25.7 Å². The van der Waals surface area contributed by atoms with Crippen LogP contribution in [0.2, 0.25) is 0 Å². The largest absolute Gasteiger partial charge is 0.497 e. The Balaban J connectivity index is 2.26. The van der Waals surface area contributed by atoms with Crippen molar-refractivity contribution in [3.63, 3.8) is 0 Å². The van der Waals surface area contributed by atoms with Crippen LogP contribution >= 0.6 is 15.9 Å². The van der Waals surface area contributed by atoms with Crippen molar-refractivity contribution < 1.29 is 13.5 Å². The predicted molar refractivity (Wildman–Crippen MR) is 71.2 cm³/mol. The number of methoxy groups -OCH3 is 1. The molecule has 1 aromatic carbocycles. The highest BCUT2D eigenvalue weighted by Crippen LogP contribution is 2.42. The van der Waals surface area contributed by atoms with Gasteiger partial charge >= 0.3 is 0 Å². The molecule has 1 aromatic rings. The molecule has 0 aliphatic heterocycles. The van der Waals surface area contributed by atoms with Gasteiger partial charge in [-0.05, 0) is 18.8 Å². The van der Waals surface area contributed by atoms with Gasteiger partial charge in [-0.15, -0.1) is 0 Å². The van der Waals surface area contributed by atoms with Crippen molar-refractivity contribution in [1.29, 1.82) is 0 Å². The van der Waals surface area contributed by atoms with Gasteiger partial charge in [0, 0.05) is 22.5 Å². The van der Waals surface area contributed by atoms with Crippen molar-refractivity contribution in [2.45, 2.75) is 36.9 Å². The topological polar surface area (TPSA) is 9.23 Å². The summed E-state index contributed by atoms with van der Waals surface area (Å²) in [4.78, 5) is -0.247. The number of rotatable bonds is 3.